The number of benzene rings is 5. The molecule has 5 nitrogen and oxygen atoms in total. The van der Waals surface area contributed by atoms with Crippen molar-refractivity contribution in [1.82, 2.24) is 9.69 Å². The molecule has 1 aromatic heterocycles. The molecule has 2 N–H and O–H groups in total. The Kier molecular flexibility index (Phi) is 6.84. The normalized spacial score (nSPS) is 11.9. The van der Waals surface area contributed by atoms with Crippen LogP contribution in [0.3, 0.4) is 0 Å². The minimum Gasteiger partial charge on any atom is -0.478 e. The molecule has 0 aliphatic carbocycles. The van der Waals surface area contributed by atoms with Crippen molar-refractivity contribution in [2.45, 2.75) is 19.4 Å². The molecule has 0 spiro atoms. The topological polar surface area (TPSA) is 79.3 Å². The van der Waals surface area contributed by atoms with Crippen LogP contribution in [-0.4, -0.2) is 21.4 Å². The largest absolute Gasteiger partial charge is 0.478 e. The average Bonchev–Trinajstić information content (AvgIpc) is 3.43. The molecule has 1 amide bonds. The third-order valence-corrected chi connectivity index (χ3v) is 8.10. The van der Waals surface area contributed by atoms with Gasteiger partial charge < -0.3 is 10.4 Å². The molecule has 0 aliphatic heterocycles. The zero-order chi connectivity index (χ0) is 27.6. The molecule has 5 aromatic carbocycles. The van der Waals surface area contributed by atoms with Crippen molar-refractivity contribution in [1.29, 1.82) is 0 Å². The number of hydrogen-bond donors (Lipinski definition) is 2. The monoisotopic (exact) mass is 542 g/mol. The summed E-state index contributed by atoms with van der Waals surface area (Å²) in [6.45, 7) is 2.41. The lowest BCUT2D eigenvalue weighted by atomic mass is 9.91. The molecule has 196 valence electrons. The fraction of sp³-hybridized carbons (Fsp3) is 0.0882. The zero-order valence-electron chi connectivity index (χ0n) is 21.8. The van der Waals surface area contributed by atoms with Crippen LogP contribution >= 0.6 is 11.5 Å². The molecule has 6 aromatic rings. The van der Waals surface area contributed by atoms with Crippen LogP contribution in [0.25, 0.3) is 32.0 Å². The first-order valence-corrected chi connectivity index (χ1v) is 13.8. The second-order valence-corrected chi connectivity index (χ2v) is 10.6. The number of fused-ring (bicyclic) bond motifs is 2. The van der Waals surface area contributed by atoms with Crippen LogP contribution in [0.5, 0.6) is 0 Å². The minimum atomic E-state index is -0.978. The highest BCUT2D eigenvalue weighted by Crippen LogP contribution is 2.38. The van der Waals surface area contributed by atoms with Crippen LogP contribution in [0, 0.1) is 0 Å². The van der Waals surface area contributed by atoms with Gasteiger partial charge in [-0.1, -0.05) is 91.9 Å². The van der Waals surface area contributed by atoms with Crippen LogP contribution in [-0.2, 0) is 6.54 Å². The lowest BCUT2D eigenvalue weighted by Gasteiger charge is -2.14. The Morgan fingerprint density at radius 2 is 1.55 bits per heavy atom. The van der Waals surface area contributed by atoms with Gasteiger partial charge in [-0.2, -0.15) is 4.37 Å². The van der Waals surface area contributed by atoms with Crippen molar-refractivity contribution in [2.75, 3.05) is 0 Å². The number of nitrogens with zero attached hydrogens (tertiary/aromatic N) is 1. The number of carboxylic acids is 1. The Balaban J connectivity index is 1.40. The molecule has 0 bridgehead atoms. The van der Waals surface area contributed by atoms with Gasteiger partial charge in [0.2, 0.25) is 0 Å². The molecule has 1 atom stereocenters. The number of carbonyl (C=O) groups is 2. The van der Waals surface area contributed by atoms with Gasteiger partial charge in [-0.05, 0) is 68.8 Å². The molecule has 6 rings (SSSR count). The van der Waals surface area contributed by atoms with E-state index in [2.05, 4.69) is 48.6 Å². The first kappa shape index (κ1) is 25.5. The van der Waals surface area contributed by atoms with Gasteiger partial charge in [0.15, 0.2) is 0 Å². The summed E-state index contributed by atoms with van der Waals surface area (Å²) < 4.78 is 5.84. The summed E-state index contributed by atoms with van der Waals surface area (Å²) in [7, 11) is 0. The van der Waals surface area contributed by atoms with Crippen molar-refractivity contribution >= 4 is 44.3 Å². The van der Waals surface area contributed by atoms with E-state index >= 15 is 0 Å². The van der Waals surface area contributed by atoms with Gasteiger partial charge in [-0.15, -0.1) is 0 Å². The van der Waals surface area contributed by atoms with Crippen LogP contribution in [0.2, 0.25) is 0 Å². The number of nitrogens with one attached hydrogen (secondary N) is 1. The number of rotatable bonds is 7. The van der Waals surface area contributed by atoms with Crippen molar-refractivity contribution in [3.63, 3.8) is 0 Å². The third kappa shape index (κ3) is 4.97. The predicted octanol–water partition coefficient (Wildman–Crippen LogP) is 7.90. The van der Waals surface area contributed by atoms with Crippen LogP contribution in [0.15, 0.2) is 109 Å². The lowest BCUT2D eigenvalue weighted by molar-refractivity contribution is 0.0696. The maximum atomic E-state index is 13.7. The van der Waals surface area contributed by atoms with E-state index in [-0.39, 0.29) is 23.9 Å². The van der Waals surface area contributed by atoms with Gasteiger partial charge in [0, 0.05) is 17.8 Å². The maximum absolute atomic E-state index is 13.7. The average molecular weight is 543 g/mol. The summed E-state index contributed by atoms with van der Waals surface area (Å²) in [6.07, 6.45) is 0. The molecule has 0 fully saturated rings. The number of carbonyl (C=O) groups excluding carboxylic acids is 1. The van der Waals surface area contributed by atoms with E-state index in [1.807, 2.05) is 48.5 Å². The molecule has 0 aliphatic rings. The number of aromatic nitrogens is 1. The maximum Gasteiger partial charge on any atom is 0.335 e. The Morgan fingerprint density at radius 3 is 2.30 bits per heavy atom. The van der Waals surface area contributed by atoms with E-state index < -0.39 is 5.97 Å². The molecule has 0 saturated carbocycles. The van der Waals surface area contributed by atoms with E-state index in [4.69, 9.17) is 4.37 Å². The molecule has 6 heteroatoms. The molecular weight excluding hydrogens is 516 g/mol. The Labute approximate surface area is 235 Å². The highest BCUT2D eigenvalue weighted by molar-refractivity contribution is 7.13. The summed E-state index contributed by atoms with van der Waals surface area (Å²) in [5, 5.41) is 15.4. The molecule has 40 heavy (non-hydrogen) atoms. The standard InChI is InChI=1S/C34H26N2O3S/c1-21(26-16-15-24-9-5-6-10-27(24)17-26)32-31-29(33(37)35-20-22-11-13-25(14-12-22)34(38)39)18-28(19-30(31)40-36-32)23-7-3-2-4-8-23/h2-19,21H,20H2,1H3,(H,35,37)(H,38,39)/t21-/m0/s1. The van der Waals surface area contributed by atoms with Crippen molar-refractivity contribution in [3.8, 4) is 11.1 Å². The van der Waals surface area contributed by atoms with Gasteiger partial charge in [0.05, 0.1) is 21.5 Å². The highest BCUT2D eigenvalue weighted by atomic mass is 32.1. The fourth-order valence-electron chi connectivity index (χ4n) is 5.05. The first-order chi connectivity index (χ1) is 19.5. The van der Waals surface area contributed by atoms with Gasteiger partial charge >= 0.3 is 5.97 Å². The van der Waals surface area contributed by atoms with Crippen LogP contribution in [0.4, 0.5) is 0 Å². The summed E-state index contributed by atoms with van der Waals surface area (Å²) in [4.78, 5) is 24.9. The summed E-state index contributed by atoms with van der Waals surface area (Å²) in [5.74, 6) is -1.19. The van der Waals surface area contributed by atoms with Gasteiger partial charge in [-0.25, -0.2) is 4.79 Å². The molecule has 1 heterocycles. The SMILES string of the molecule is C[C@@H](c1ccc2ccccc2c1)c1nsc2cc(-c3ccccc3)cc(C(=O)NCc3ccc(C(=O)O)cc3)c12. The van der Waals surface area contributed by atoms with Crippen LogP contribution < -0.4 is 5.32 Å². The number of hydrogen-bond acceptors (Lipinski definition) is 4. The van der Waals surface area contributed by atoms with E-state index in [0.717, 1.165) is 38.0 Å². The van der Waals surface area contributed by atoms with E-state index in [0.29, 0.717) is 5.56 Å². The van der Waals surface area contributed by atoms with Gasteiger partial charge in [0.1, 0.15) is 0 Å². The highest BCUT2D eigenvalue weighted by Gasteiger charge is 2.23. The number of amides is 1. The van der Waals surface area contributed by atoms with Crippen molar-refractivity contribution in [3.05, 3.63) is 137 Å². The Morgan fingerprint density at radius 1 is 0.825 bits per heavy atom. The molecule has 0 radical (unpaired) electrons. The lowest BCUT2D eigenvalue weighted by Crippen LogP contribution is -2.23. The molecule has 0 unspecified atom stereocenters. The number of aromatic carboxylic acids is 1. The molecule has 0 saturated heterocycles. The van der Waals surface area contributed by atoms with Crippen LogP contribution in [0.1, 0.15) is 50.4 Å². The Hall–Kier alpha value is -4.81. The van der Waals surface area contributed by atoms with E-state index in [9.17, 15) is 14.7 Å². The van der Waals surface area contributed by atoms with E-state index in [1.54, 1.807) is 24.3 Å². The minimum absolute atomic E-state index is 0.0176. The smallest absolute Gasteiger partial charge is 0.335 e. The number of carboxylic acid groups (broad SMARTS) is 1. The summed E-state index contributed by atoms with van der Waals surface area (Å²) in [6, 6.07) is 35.4. The van der Waals surface area contributed by atoms with Crippen molar-refractivity contribution in [2.24, 2.45) is 0 Å². The Bertz CT molecular complexity index is 1860. The van der Waals surface area contributed by atoms with Gasteiger partial charge in [0.25, 0.3) is 5.91 Å². The van der Waals surface area contributed by atoms with Crippen molar-refractivity contribution < 1.29 is 14.7 Å². The second-order valence-electron chi connectivity index (χ2n) is 9.84. The summed E-state index contributed by atoms with van der Waals surface area (Å²) >= 11 is 1.41. The summed E-state index contributed by atoms with van der Waals surface area (Å²) in [5.41, 5.74) is 5.62. The zero-order valence-corrected chi connectivity index (χ0v) is 22.6. The quantitative estimate of drug-likeness (QED) is 0.215. The third-order valence-electron chi connectivity index (χ3n) is 7.29. The molecular formula is C34H26N2O3S. The fourth-order valence-corrected chi connectivity index (χ4v) is 5.98. The first-order valence-electron chi connectivity index (χ1n) is 13.1. The predicted molar refractivity (Wildman–Crippen MR) is 161 cm³/mol. The van der Waals surface area contributed by atoms with Gasteiger partial charge in [-0.3, -0.25) is 4.79 Å². The second kappa shape index (κ2) is 10.8. The van der Waals surface area contributed by atoms with E-state index in [1.165, 1.54) is 22.3 Å².